The van der Waals surface area contributed by atoms with Crippen molar-refractivity contribution in [1.29, 1.82) is 0 Å². The number of rotatable bonds is 9. The number of nitrogens with zero attached hydrogens (tertiary/aromatic N) is 4. The summed E-state index contributed by atoms with van der Waals surface area (Å²) in [5, 5.41) is 6.80. The van der Waals surface area contributed by atoms with Gasteiger partial charge in [0.25, 0.3) is 5.91 Å². The van der Waals surface area contributed by atoms with E-state index in [2.05, 4.69) is 25.3 Å². The summed E-state index contributed by atoms with van der Waals surface area (Å²) in [6, 6.07) is 9.12. The first-order valence-corrected chi connectivity index (χ1v) is 10.1. The highest BCUT2D eigenvalue weighted by Gasteiger charge is 2.19. The third-order valence-corrected chi connectivity index (χ3v) is 4.97. The second-order valence-corrected chi connectivity index (χ2v) is 7.20. The van der Waals surface area contributed by atoms with Crippen LogP contribution in [0.3, 0.4) is 0 Å². The molecule has 1 aromatic carbocycles. The standard InChI is InChI=1S/C21H24FN5O4/c22-16-3-5-17(6-4-16)30-15-19-24-20(31-25-19)14-27-11-9-26(10-12-27)8-7-23-21(28)18-2-1-13-29-18/h1-6,13H,7-12,14-15H2,(H,23,28). The number of benzene rings is 1. The number of hydrogen-bond donors (Lipinski definition) is 1. The van der Waals surface area contributed by atoms with Crippen molar-refractivity contribution < 1.29 is 22.9 Å². The molecule has 164 valence electrons. The van der Waals surface area contributed by atoms with Crippen LogP contribution in [-0.2, 0) is 13.2 Å². The quantitative estimate of drug-likeness (QED) is 0.551. The van der Waals surface area contributed by atoms with Gasteiger partial charge in [0.2, 0.25) is 11.7 Å². The number of ether oxygens (including phenoxy) is 1. The predicted molar refractivity (Wildman–Crippen MR) is 108 cm³/mol. The molecule has 9 nitrogen and oxygen atoms in total. The van der Waals surface area contributed by atoms with Gasteiger partial charge in [-0.3, -0.25) is 14.6 Å². The van der Waals surface area contributed by atoms with E-state index in [-0.39, 0.29) is 18.3 Å². The Bertz CT molecular complexity index is 953. The fourth-order valence-corrected chi connectivity index (χ4v) is 3.28. The molecule has 1 aliphatic heterocycles. The Kier molecular flexibility index (Phi) is 6.90. The van der Waals surface area contributed by atoms with Crippen LogP contribution in [-0.4, -0.2) is 65.1 Å². The van der Waals surface area contributed by atoms with Gasteiger partial charge in [-0.2, -0.15) is 4.98 Å². The predicted octanol–water partition coefficient (Wildman–Crippen LogP) is 1.93. The van der Waals surface area contributed by atoms with Crippen molar-refractivity contribution in [3.8, 4) is 5.75 Å². The maximum Gasteiger partial charge on any atom is 0.287 e. The zero-order valence-electron chi connectivity index (χ0n) is 17.0. The van der Waals surface area contributed by atoms with Crippen LogP contribution in [0.4, 0.5) is 4.39 Å². The highest BCUT2D eigenvalue weighted by Crippen LogP contribution is 2.13. The van der Waals surface area contributed by atoms with E-state index < -0.39 is 0 Å². The first-order valence-electron chi connectivity index (χ1n) is 10.1. The third kappa shape index (κ3) is 6.12. The molecule has 1 aliphatic rings. The van der Waals surface area contributed by atoms with Crippen LogP contribution in [0.25, 0.3) is 0 Å². The van der Waals surface area contributed by atoms with Gasteiger partial charge in [-0.05, 0) is 36.4 Å². The number of halogens is 1. The summed E-state index contributed by atoms with van der Waals surface area (Å²) in [5.41, 5.74) is 0. The number of carbonyl (C=O) groups excluding carboxylic acids is 1. The van der Waals surface area contributed by atoms with Crippen LogP contribution in [0, 0.1) is 5.82 Å². The summed E-state index contributed by atoms with van der Waals surface area (Å²) in [4.78, 5) is 20.8. The van der Waals surface area contributed by atoms with E-state index in [0.29, 0.717) is 36.3 Å². The van der Waals surface area contributed by atoms with Crippen molar-refractivity contribution in [3.63, 3.8) is 0 Å². The molecule has 10 heteroatoms. The van der Waals surface area contributed by atoms with Gasteiger partial charge in [0, 0.05) is 39.3 Å². The molecule has 1 saturated heterocycles. The van der Waals surface area contributed by atoms with Gasteiger partial charge in [0.05, 0.1) is 12.8 Å². The van der Waals surface area contributed by atoms with Crippen LogP contribution < -0.4 is 10.1 Å². The lowest BCUT2D eigenvalue weighted by Gasteiger charge is -2.33. The minimum Gasteiger partial charge on any atom is -0.485 e. The van der Waals surface area contributed by atoms with Crippen LogP contribution in [0.5, 0.6) is 5.75 Å². The van der Waals surface area contributed by atoms with Crippen LogP contribution in [0.1, 0.15) is 22.3 Å². The molecular weight excluding hydrogens is 405 g/mol. The number of amides is 1. The molecule has 3 aromatic rings. The molecule has 0 saturated carbocycles. The van der Waals surface area contributed by atoms with Crippen molar-refractivity contribution in [1.82, 2.24) is 25.3 Å². The Morgan fingerprint density at radius 3 is 2.65 bits per heavy atom. The second-order valence-electron chi connectivity index (χ2n) is 7.20. The zero-order valence-corrected chi connectivity index (χ0v) is 17.0. The topological polar surface area (TPSA) is 96.9 Å². The maximum atomic E-state index is 12.9. The average molecular weight is 429 g/mol. The van der Waals surface area contributed by atoms with Crippen LogP contribution in [0.15, 0.2) is 51.6 Å². The summed E-state index contributed by atoms with van der Waals surface area (Å²) >= 11 is 0. The number of aromatic nitrogens is 2. The van der Waals surface area contributed by atoms with Crippen molar-refractivity contribution in [3.05, 3.63) is 66.0 Å². The first-order chi connectivity index (χ1) is 15.2. The van der Waals surface area contributed by atoms with Gasteiger partial charge in [-0.1, -0.05) is 5.16 Å². The van der Waals surface area contributed by atoms with Gasteiger partial charge in [-0.25, -0.2) is 4.39 Å². The fourth-order valence-electron chi connectivity index (χ4n) is 3.28. The third-order valence-electron chi connectivity index (χ3n) is 4.97. The molecule has 0 unspecified atom stereocenters. The van der Waals surface area contributed by atoms with E-state index in [1.54, 1.807) is 24.3 Å². The molecule has 0 bridgehead atoms. The highest BCUT2D eigenvalue weighted by molar-refractivity contribution is 5.91. The molecule has 0 atom stereocenters. The van der Waals surface area contributed by atoms with Gasteiger partial charge < -0.3 is 19.0 Å². The largest absolute Gasteiger partial charge is 0.485 e. The molecule has 1 amide bonds. The van der Waals surface area contributed by atoms with Crippen molar-refractivity contribution in [2.24, 2.45) is 0 Å². The summed E-state index contributed by atoms with van der Waals surface area (Å²) in [7, 11) is 0. The van der Waals surface area contributed by atoms with Gasteiger partial charge in [-0.15, -0.1) is 0 Å². The Hall–Kier alpha value is -3.24. The monoisotopic (exact) mass is 429 g/mol. The SMILES string of the molecule is O=C(NCCN1CCN(Cc2nc(COc3ccc(F)cc3)no2)CC1)c1ccco1. The number of carbonyl (C=O) groups is 1. The number of furan rings is 1. The molecule has 0 radical (unpaired) electrons. The van der Waals surface area contributed by atoms with Gasteiger partial charge >= 0.3 is 0 Å². The number of hydrogen-bond acceptors (Lipinski definition) is 8. The van der Waals surface area contributed by atoms with Gasteiger partial charge in [0.1, 0.15) is 11.6 Å². The van der Waals surface area contributed by atoms with Crippen LogP contribution in [0.2, 0.25) is 0 Å². The molecule has 31 heavy (non-hydrogen) atoms. The summed E-state index contributed by atoms with van der Waals surface area (Å²) in [6.45, 7) is 5.62. The number of nitrogens with one attached hydrogen (secondary N) is 1. The van der Waals surface area contributed by atoms with Crippen molar-refractivity contribution >= 4 is 5.91 Å². The minimum atomic E-state index is -0.312. The summed E-state index contributed by atoms with van der Waals surface area (Å²) in [6.07, 6.45) is 1.49. The molecule has 3 heterocycles. The van der Waals surface area contributed by atoms with E-state index in [9.17, 15) is 9.18 Å². The number of piperazine rings is 1. The minimum absolute atomic E-state index is 0.159. The Morgan fingerprint density at radius 2 is 1.90 bits per heavy atom. The molecule has 1 fully saturated rings. The van der Waals surface area contributed by atoms with E-state index in [1.165, 1.54) is 18.4 Å². The summed E-state index contributed by atoms with van der Waals surface area (Å²) < 4.78 is 28.9. The molecule has 4 rings (SSSR count). The molecule has 2 aromatic heterocycles. The smallest absolute Gasteiger partial charge is 0.287 e. The average Bonchev–Trinajstić information content (AvgIpc) is 3.47. The highest BCUT2D eigenvalue weighted by atomic mass is 19.1. The van der Waals surface area contributed by atoms with Crippen molar-refractivity contribution in [2.45, 2.75) is 13.2 Å². The maximum absolute atomic E-state index is 12.9. The zero-order chi connectivity index (χ0) is 21.5. The first kappa shape index (κ1) is 21.0. The fraction of sp³-hybridized carbons (Fsp3) is 0.381. The van der Waals surface area contributed by atoms with Crippen LogP contribution >= 0.6 is 0 Å². The van der Waals surface area contributed by atoms with E-state index in [1.807, 2.05) is 0 Å². The Morgan fingerprint density at radius 1 is 1.13 bits per heavy atom. The normalized spacial score (nSPS) is 15.1. The van der Waals surface area contributed by atoms with Crippen molar-refractivity contribution in [2.75, 3.05) is 39.3 Å². The van der Waals surface area contributed by atoms with E-state index in [4.69, 9.17) is 13.7 Å². The Labute approximate surface area is 178 Å². The Balaban J connectivity index is 1.14. The molecule has 0 spiro atoms. The lowest BCUT2D eigenvalue weighted by molar-refractivity contribution is 0.0902. The lowest BCUT2D eigenvalue weighted by atomic mass is 10.3. The van der Waals surface area contributed by atoms with E-state index in [0.717, 1.165) is 32.7 Å². The lowest BCUT2D eigenvalue weighted by Crippen LogP contribution is -2.48. The second kappa shape index (κ2) is 10.2. The van der Waals surface area contributed by atoms with E-state index >= 15 is 0 Å². The van der Waals surface area contributed by atoms with Gasteiger partial charge in [0.15, 0.2) is 12.4 Å². The molecule has 1 N–H and O–H groups in total. The molecular formula is C21H24FN5O4. The summed E-state index contributed by atoms with van der Waals surface area (Å²) in [5.74, 6) is 1.35. The molecule has 0 aliphatic carbocycles.